The molecule has 26 heavy (non-hydrogen) atoms. The molecule has 0 unspecified atom stereocenters. The third kappa shape index (κ3) is 4.97. The van der Waals surface area contributed by atoms with Gasteiger partial charge in [-0.1, -0.05) is 30.3 Å². The Morgan fingerprint density at radius 2 is 1.73 bits per heavy atom. The number of anilines is 1. The summed E-state index contributed by atoms with van der Waals surface area (Å²) in [6, 6.07) is 17.4. The quantitative estimate of drug-likeness (QED) is 0.811. The highest BCUT2D eigenvalue weighted by Crippen LogP contribution is 2.25. The van der Waals surface area contributed by atoms with Crippen LogP contribution < -0.4 is 15.4 Å². The van der Waals surface area contributed by atoms with Gasteiger partial charge in [-0.15, -0.1) is 12.4 Å². The van der Waals surface area contributed by atoms with E-state index >= 15 is 0 Å². The molecule has 3 rings (SSSR count). The van der Waals surface area contributed by atoms with Crippen molar-refractivity contribution in [2.45, 2.75) is 25.0 Å². The molecule has 0 aliphatic carbocycles. The smallest absolute Gasteiger partial charge is 0.256 e. The number of carbonyl (C=O) groups is 1. The summed E-state index contributed by atoms with van der Waals surface area (Å²) < 4.78 is 11.3. The lowest BCUT2D eigenvalue weighted by Crippen LogP contribution is -2.51. The molecule has 0 aromatic heterocycles. The lowest BCUT2D eigenvalue weighted by Gasteiger charge is -2.34. The Labute approximate surface area is 160 Å². The number of hydrogen-bond donors (Lipinski definition) is 2. The highest BCUT2D eigenvalue weighted by Gasteiger charge is 2.39. The first-order valence-corrected chi connectivity index (χ1v) is 8.56. The molecule has 1 aliphatic rings. The monoisotopic (exact) mass is 376 g/mol. The molecular weight excluding hydrogens is 352 g/mol. The molecule has 2 aromatic rings. The molecule has 5 nitrogen and oxygen atoms in total. The van der Waals surface area contributed by atoms with Crippen LogP contribution in [0.5, 0.6) is 5.75 Å². The Balaban J connectivity index is 0.00000243. The van der Waals surface area contributed by atoms with Gasteiger partial charge >= 0.3 is 0 Å². The van der Waals surface area contributed by atoms with Gasteiger partial charge in [0.25, 0.3) is 5.91 Å². The van der Waals surface area contributed by atoms with Gasteiger partial charge in [0.05, 0.1) is 0 Å². The van der Waals surface area contributed by atoms with Gasteiger partial charge in [-0.25, -0.2) is 0 Å². The van der Waals surface area contributed by atoms with Crippen molar-refractivity contribution < 1.29 is 14.3 Å². The van der Waals surface area contributed by atoms with Gasteiger partial charge in [0.2, 0.25) is 0 Å². The van der Waals surface area contributed by atoms with Crippen LogP contribution in [0, 0.1) is 0 Å². The third-order valence-electron chi connectivity index (χ3n) is 4.58. The number of hydrogen-bond acceptors (Lipinski definition) is 4. The zero-order valence-corrected chi connectivity index (χ0v) is 15.7. The summed E-state index contributed by atoms with van der Waals surface area (Å²) in [5.41, 5.74) is 1.12. The molecule has 0 bridgehead atoms. The largest absolute Gasteiger partial charge is 0.489 e. The molecule has 2 N–H and O–H groups in total. The Morgan fingerprint density at radius 3 is 2.35 bits per heavy atom. The predicted molar refractivity (Wildman–Crippen MR) is 105 cm³/mol. The standard InChI is InChI=1S/C20H24N2O3.ClH/c1-24-20(11-13-21-14-12-20)19(23)22-17-7-9-18(10-8-17)25-15-16-5-3-2-4-6-16;/h2-10,21H,11-15H2,1H3,(H,22,23);1H. The molecular formula is C20H25ClN2O3. The number of ether oxygens (including phenoxy) is 2. The number of methoxy groups -OCH3 is 1. The Morgan fingerprint density at radius 1 is 1.08 bits per heavy atom. The average Bonchev–Trinajstić information content (AvgIpc) is 2.68. The van der Waals surface area contributed by atoms with Crippen molar-refractivity contribution in [1.82, 2.24) is 5.32 Å². The SMILES string of the molecule is COC1(C(=O)Nc2ccc(OCc3ccccc3)cc2)CCNCC1.Cl. The van der Waals surface area contributed by atoms with Crippen LogP contribution in [0.2, 0.25) is 0 Å². The molecule has 0 spiro atoms. The second-order valence-corrected chi connectivity index (χ2v) is 6.20. The summed E-state index contributed by atoms with van der Waals surface area (Å²) in [6.45, 7) is 2.09. The summed E-state index contributed by atoms with van der Waals surface area (Å²) in [7, 11) is 1.60. The average molecular weight is 377 g/mol. The number of nitrogens with one attached hydrogen (secondary N) is 2. The predicted octanol–water partition coefficient (Wildman–Crippen LogP) is 3.39. The van der Waals surface area contributed by atoms with Crippen molar-refractivity contribution in [3.63, 3.8) is 0 Å². The van der Waals surface area contributed by atoms with Crippen LogP contribution in [0.3, 0.4) is 0 Å². The maximum absolute atomic E-state index is 12.6. The number of carbonyl (C=O) groups excluding carboxylic acids is 1. The van der Waals surface area contributed by atoms with E-state index in [-0.39, 0.29) is 18.3 Å². The Kier molecular flexibility index (Phi) is 7.45. The lowest BCUT2D eigenvalue weighted by molar-refractivity contribution is -0.140. The van der Waals surface area contributed by atoms with Gasteiger partial charge in [-0.2, -0.15) is 0 Å². The highest BCUT2D eigenvalue weighted by atomic mass is 35.5. The van der Waals surface area contributed by atoms with E-state index in [4.69, 9.17) is 9.47 Å². The molecule has 0 atom stereocenters. The normalized spacial score (nSPS) is 15.6. The Bertz CT molecular complexity index is 686. The molecule has 1 heterocycles. The molecule has 1 amide bonds. The van der Waals surface area contributed by atoms with Crippen molar-refractivity contribution >= 4 is 24.0 Å². The van der Waals surface area contributed by atoms with Crippen molar-refractivity contribution in [3.8, 4) is 5.75 Å². The molecule has 1 fully saturated rings. The molecule has 1 saturated heterocycles. The van der Waals surface area contributed by atoms with Gasteiger partial charge in [0, 0.05) is 12.8 Å². The minimum Gasteiger partial charge on any atom is -0.489 e. The van der Waals surface area contributed by atoms with E-state index in [0.29, 0.717) is 19.4 Å². The number of benzene rings is 2. The van der Waals surface area contributed by atoms with E-state index in [0.717, 1.165) is 30.1 Å². The van der Waals surface area contributed by atoms with E-state index in [1.165, 1.54) is 0 Å². The fourth-order valence-electron chi connectivity index (χ4n) is 2.97. The van der Waals surface area contributed by atoms with Crippen LogP contribution in [0.15, 0.2) is 54.6 Å². The number of amides is 1. The molecule has 140 valence electrons. The first-order valence-electron chi connectivity index (χ1n) is 8.56. The van der Waals surface area contributed by atoms with Gasteiger partial charge in [-0.3, -0.25) is 4.79 Å². The van der Waals surface area contributed by atoms with Crippen LogP contribution in [0.1, 0.15) is 18.4 Å². The second-order valence-electron chi connectivity index (χ2n) is 6.20. The number of rotatable bonds is 6. The first kappa shape index (κ1) is 20.2. The maximum Gasteiger partial charge on any atom is 0.256 e. The van der Waals surface area contributed by atoms with Crippen molar-refractivity contribution in [3.05, 3.63) is 60.2 Å². The van der Waals surface area contributed by atoms with Gasteiger partial charge in [-0.05, 0) is 55.8 Å². The van der Waals surface area contributed by atoms with Crippen LogP contribution in [-0.2, 0) is 16.1 Å². The Hall–Kier alpha value is -2.08. The fraction of sp³-hybridized carbons (Fsp3) is 0.350. The van der Waals surface area contributed by atoms with Crippen LogP contribution in [0.4, 0.5) is 5.69 Å². The molecule has 6 heteroatoms. The highest BCUT2D eigenvalue weighted by molar-refractivity contribution is 5.97. The zero-order valence-electron chi connectivity index (χ0n) is 14.9. The molecule has 0 saturated carbocycles. The van der Waals surface area contributed by atoms with Crippen molar-refractivity contribution in [1.29, 1.82) is 0 Å². The van der Waals surface area contributed by atoms with Crippen molar-refractivity contribution in [2.24, 2.45) is 0 Å². The van der Waals surface area contributed by atoms with Gasteiger partial charge in [0.1, 0.15) is 18.0 Å². The molecule has 0 radical (unpaired) electrons. The minimum atomic E-state index is -0.742. The summed E-state index contributed by atoms with van der Waals surface area (Å²) >= 11 is 0. The van der Waals surface area contributed by atoms with E-state index in [9.17, 15) is 4.79 Å². The van der Waals surface area contributed by atoms with E-state index in [1.54, 1.807) is 7.11 Å². The molecule has 2 aromatic carbocycles. The van der Waals surface area contributed by atoms with Crippen LogP contribution in [0.25, 0.3) is 0 Å². The van der Waals surface area contributed by atoms with E-state index < -0.39 is 5.60 Å². The second kappa shape index (κ2) is 9.57. The lowest BCUT2D eigenvalue weighted by atomic mass is 9.91. The first-order chi connectivity index (χ1) is 12.2. The van der Waals surface area contributed by atoms with Gasteiger partial charge < -0.3 is 20.1 Å². The topological polar surface area (TPSA) is 59.6 Å². The number of halogens is 1. The van der Waals surface area contributed by atoms with Crippen molar-refractivity contribution in [2.75, 3.05) is 25.5 Å². The third-order valence-corrected chi connectivity index (χ3v) is 4.58. The number of piperidine rings is 1. The summed E-state index contributed by atoms with van der Waals surface area (Å²) in [4.78, 5) is 12.6. The summed E-state index contributed by atoms with van der Waals surface area (Å²) in [6.07, 6.45) is 1.35. The van der Waals surface area contributed by atoms with E-state index in [2.05, 4.69) is 10.6 Å². The minimum absolute atomic E-state index is 0. The van der Waals surface area contributed by atoms with Crippen LogP contribution in [-0.4, -0.2) is 31.7 Å². The fourth-order valence-corrected chi connectivity index (χ4v) is 2.97. The zero-order chi connectivity index (χ0) is 17.5. The molecule has 1 aliphatic heterocycles. The summed E-state index contributed by atoms with van der Waals surface area (Å²) in [5.74, 6) is 0.680. The maximum atomic E-state index is 12.6. The summed E-state index contributed by atoms with van der Waals surface area (Å²) in [5, 5.41) is 6.21. The van der Waals surface area contributed by atoms with E-state index in [1.807, 2.05) is 54.6 Å². The van der Waals surface area contributed by atoms with Crippen LogP contribution >= 0.6 is 12.4 Å². The van der Waals surface area contributed by atoms with Gasteiger partial charge in [0.15, 0.2) is 0 Å².